The second kappa shape index (κ2) is 115. The van der Waals surface area contributed by atoms with Crippen molar-refractivity contribution in [3.63, 3.8) is 0 Å². The van der Waals surface area contributed by atoms with E-state index in [1.54, 1.807) is 0 Å². The van der Waals surface area contributed by atoms with Gasteiger partial charge in [0.1, 0.15) is 0 Å². The average molecular weight is 612 g/mol. The van der Waals surface area contributed by atoms with Crippen LogP contribution >= 0.6 is 0 Å². The first-order valence-electron chi connectivity index (χ1n) is 1.22. The maximum absolute atomic E-state index is 4.72. The summed E-state index contributed by atoms with van der Waals surface area (Å²) in [5, 5.41) is 0. The molecule has 108 valence electrons. The van der Waals surface area contributed by atoms with Crippen LogP contribution in [-0.4, -0.2) is 0 Å². The van der Waals surface area contributed by atoms with Crippen molar-refractivity contribution in [1.82, 2.24) is 0 Å². The predicted octanol–water partition coefficient (Wildman–Crippen LogP) is -21.5. The Kier molecular flexibility index (Phi) is 483. The Hall–Kier alpha value is 3.37. The van der Waals surface area contributed by atoms with Crippen molar-refractivity contribution >= 4 is 0 Å². The molecular weight excluding hydrogens is 600 g/mol. The molecule has 0 radical (unpaired) electrons. The molecule has 0 aliphatic heterocycles. The van der Waals surface area contributed by atoms with Crippen LogP contribution in [0.5, 0.6) is 0 Å². The Bertz CT molecular complexity index is 27.6. The summed E-state index contributed by atoms with van der Waals surface area (Å²) in [6.45, 7) is 0. The number of hydrogen-bond acceptors (Lipinski definition) is 6. The Balaban J connectivity index is -0.00000000429. The molecule has 15 heavy (non-hydrogen) atoms. The maximum atomic E-state index is 4.72. The molecule has 0 fully saturated rings. The van der Waals surface area contributed by atoms with Crippen molar-refractivity contribution in [1.29, 1.82) is 0 Å². The molecule has 0 aromatic heterocycles. The van der Waals surface area contributed by atoms with Gasteiger partial charge in [0.15, 0.2) is 0 Å². The van der Waals surface area contributed by atoms with Gasteiger partial charge in [-0.25, -0.2) is 0 Å². The molecule has 0 saturated carbocycles. The first kappa shape index (κ1) is 63.1. The van der Waals surface area contributed by atoms with Gasteiger partial charge in [0.05, 0.1) is 0 Å². The third-order valence-corrected chi connectivity index (χ3v) is 0. The van der Waals surface area contributed by atoms with Gasteiger partial charge in [-0.3, -0.25) is 0 Å². The summed E-state index contributed by atoms with van der Waals surface area (Å²) in [5.41, 5.74) is 0. The summed E-state index contributed by atoms with van der Waals surface area (Å²) in [5.74, 6) is 0. The molecule has 0 aliphatic carbocycles. The molecule has 6 nitrogen and oxygen atoms in total. The number of rotatable bonds is 0. The molecule has 15 heteroatoms. The monoisotopic (exact) mass is 612 g/mol. The van der Waals surface area contributed by atoms with Gasteiger partial charge < -0.3 is 74.4 Å². The van der Waals surface area contributed by atoms with Crippen LogP contribution in [0.25, 0.3) is 0 Å². The van der Waals surface area contributed by atoms with Gasteiger partial charge in [-0.1, -0.05) is 0 Å². The summed E-state index contributed by atoms with van der Waals surface area (Å²) < 4.78 is 28.3. The van der Waals surface area contributed by atoms with Crippen LogP contribution in [0.15, 0.2) is 0 Å². The second-order valence-electron chi connectivity index (χ2n) is 0.354. The standard InChI is InChI=1S/6ClH.6H2N.3Ru/h6*1H;6*1H2;;;/q;;;;;;6*-1;3*+4/p-6. The van der Waals surface area contributed by atoms with Gasteiger partial charge in [0.2, 0.25) is 0 Å². The van der Waals surface area contributed by atoms with Gasteiger partial charge in [-0.2, -0.15) is 0 Å². The Labute approximate surface area is 152 Å². The molecule has 0 atom stereocenters. The molecule has 12 N–H and O–H groups in total. The van der Waals surface area contributed by atoms with Crippen molar-refractivity contribution in [3.05, 3.63) is 0 Å². The third-order valence-electron chi connectivity index (χ3n) is 0. The first-order valence-corrected chi connectivity index (χ1v) is 7.25. The van der Waals surface area contributed by atoms with Crippen LogP contribution in [0.1, 0.15) is 0 Å². The molecule has 0 amide bonds. The molecule has 0 spiro atoms. The zero-order chi connectivity index (χ0) is 8.12. The van der Waals surface area contributed by atoms with Crippen molar-refractivity contribution in [2.45, 2.75) is 0 Å². The van der Waals surface area contributed by atoms with E-state index in [0.717, 1.165) is 0 Å². The fourth-order valence-electron chi connectivity index (χ4n) is 0. The molecule has 0 aromatic rings. The van der Waals surface area contributed by atoms with E-state index >= 15 is 0 Å². The fraction of sp³-hybridized carbons (Fsp3) is 0. The van der Waals surface area contributed by atoms with E-state index in [4.69, 9.17) is 26.9 Å². The van der Waals surface area contributed by atoms with Gasteiger partial charge in [-0.15, -0.1) is 0 Å². The SMILES string of the molecule is [Cl-].[Cl-].[Cl-].[Cl-].[Cl-].[Cl-].[NH2][Ru+2][NH2].[NH2][Ru+2][NH2].[NH2][Ru+2][NH2]. The van der Waals surface area contributed by atoms with Gasteiger partial charge in [-0.05, 0) is 0 Å². The zero-order valence-electron chi connectivity index (χ0n) is 6.79. The summed E-state index contributed by atoms with van der Waals surface area (Å²) in [6.07, 6.45) is 0. The molecular formula is H12Cl6N6Ru3. The van der Waals surface area contributed by atoms with Gasteiger partial charge in [0, 0.05) is 0 Å². The summed E-state index contributed by atoms with van der Waals surface area (Å²) in [6, 6.07) is 0. The minimum atomic E-state index is -0.290. The number of halogens is 6. The Morgan fingerprint density at radius 2 is 0.333 bits per heavy atom. The van der Waals surface area contributed by atoms with Crippen LogP contribution in [-0.2, 0) is 52.8 Å². The topological polar surface area (TPSA) is 156 Å². The van der Waals surface area contributed by atoms with E-state index in [9.17, 15) is 0 Å². The third kappa shape index (κ3) is 361. The van der Waals surface area contributed by atoms with Crippen molar-refractivity contribution in [2.24, 2.45) is 26.9 Å². The molecule has 0 rings (SSSR count). The van der Waals surface area contributed by atoms with Crippen molar-refractivity contribution in [2.75, 3.05) is 0 Å². The summed E-state index contributed by atoms with van der Waals surface area (Å²) >= 11 is -0.870. The van der Waals surface area contributed by atoms with Crippen molar-refractivity contribution < 1.29 is 127 Å². The molecule has 0 bridgehead atoms. The van der Waals surface area contributed by atoms with E-state index in [-0.39, 0.29) is 127 Å². The van der Waals surface area contributed by atoms with E-state index in [1.807, 2.05) is 0 Å². The van der Waals surface area contributed by atoms with Gasteiger partial charge in [0.25, 0.3) is 0 Å². The zero-order valence-corrected chi connectivity index (χ0v) is 16.5. The van der Waals surface area contributed by atoms with E-state index in [1.165, 1.54) is 0 Å². The number of nitrogens with two attached hydrogens (primary N) is 6. The molecule has 0 heterocycles. The van der Waals surface area contributed by atoms with Crippen LogP contribution in [0, 0.1) is 0 Å². The molecule has 0 saturated heterocycles. The Morgan fingerprint density at radius 3 is 0.333 bits per heavy atom. The number of hydrogen-bond donors (Lipinski definition) is 6. The van der Waals surface area contributed by atoms with Crippen LogP contribution < -0.4 is 101 Å². The summed E-state index contributed by atoms with van der Waals surface area (Å²) in [7, 11) is 0. The van der Waals surface area contributed by atoms with Crippen LogP contribution in [0.2, 0.25) is 0 Å². The second-order valence-corrected chi connectivity index (χ2v) is 2.09. The quantitative estimate of drug-likeness (QED) is 0.150. The normalized spacial score (nSPS) is 3.60. The van der Waals surface area contributed by atoms with Crippen LogP contribution in [0.3, 0.4) is 0 Å². The van der Waals surface area contributed by atoms with Crippen LogP contribution in [0.4, 0.5) is 0 Å². The van der Waals surface area contributed by atoms with E-state index < -0.39 is 0 Å². The summed E-state index contributed by atoms with van der Waals surface area (Å²) in [4.78, 5) is 0. The van der Waals surface area contributed by atoms with E-state index in [2.05, 4.69) is 0 Å². The minimum absolute atomic E-state index is 0. The Morgan fingerprint density at radius 1 is 0.333 bits per heavy atom. The molecule has 0 unspecified atom stereocenters. The fourth-order valence-corrected chi connectivity index (χ4v) is 0. The van der Waals surface area contributed by atoms with Gasteiger partial charge >= 0.3 is 79.7 Å². The van der Waals surface area contributed by atoms with E-state index in [0.29, 0.717) is 0 Å². The molecule has 0 aliphatic rings. The van der Waals surface area contributed by atoms with Crippen molar-refractivity contribution in [3.8, 4) is 0 Å². The predicted molar refractivity (Wildman–Crippen MR) is 25.1 cm³/mol. The first-order chi connectivity index (χ1) is 4.24. The molecule has 0 aromatic carbocycles. The average Bonchev–Trinajstić information content (AvgIpc) is 1.70.